The zero-order valence-electron chi connectivity index (χ0n) is 10.2. The van der Waals surface area contributed by atoms with Gasteiger partial charge >= 0.3 is 0 Å². The van der Waals surface area contributed by atoms with E-state index in [2.05, 4.69) is 47.0 Å². The van der Waals surface area contributed by atoms with Crippen LogP contribution in [0.15, 0.2) is 36.4 Å². The Morgan fingerprint density at radius 2 is 1.47 bits per heavy atom. The Labute approximate surface area is 102 Å². The Bertz CT molecular complexity index is 573. The van der Waals surface area contributed by atoms with Gasteiger partial charge in [0.05, 0.1) is 0 Å². The number of anilines is 2. The van der Waals surface area contributed by atoms with Crippen LogP contribution in [0.5, 0.6) is 0 Å². The molecule has 0 amide bonds. The summed E-state index contributed by atoms with van der Waals surface area (Å²) >= 11 is 0. The van der Waals surface area contributed by atoms with Crippen molar-refractivity contribution in [2.45, 2.75) is 6.42 Å². The smallest absolute Gasteiger partial charge is 0.0343 e. The minimum Gasteiger partial charge on any atom is -0.388 e. The Morgan fingerprint density at radius 3 is 2.24 bits per heavy atom. The van der Waals surface area contributed by atoms with Crippen molar-refractivity contribution in [3.63, 3.8) is 0 Å². The fourth-order valence-electron chi connectivity index (χ4n) is 2.50. The van der Waals surface area contributed by atoms with Crippen LogP contribution in [0.25, 0.3) is 11.1 Å². The van der Waals surface area contributed by atoms with Gasteiger partial charge in [-0.1, -0.05) is 12.1 Å². The summed E-state index contributed by atoms with van der Waals surface area (Å²) in [6.45, 7) is 0. The van der Waals surface area contributed by atoms with Crippen LogP contribution < -0.4 is 10.6 Å². The lowest BCUT2D eigenvalue weighted by atomic mass is 10.0. The van der Waals surface area contributed by atoms with Crippen molar-refractivity contribution in [3.8, 4) is 11.1 Å². The van der Waals surface area contributed by atoms with Crippen LogP contribution in [0.3, 0.4) is 0 Å². The second kappa shape index (κ2) is 3.81. The molecular formula is C15H16N2. The Hall–Kier alpha value is -1.96. The van der Waals surface area contributed by atoms with E-state index in [-0.39, 0.29) is 0 Å². The summed E-state index contributed by atoms with van der Waals surface area (Å²) in [6.07, 6.45) is 1.05. The number of nitrogens with one attached hydrogen (secondary N) is 2. The lowest BCUT2D eigenvalue weighted by Gasteiger charge is -2.06. The largest absolute Gasteiger partial charge is 0.388 e. The van der Waals surface area contributed by atoms with E-state index in [9.17, 15) is 0 Å². The zero-order valence-corrected chi connectivity index (χ0v) is 10.2. The van der Waals surface area contributed by atoms with Gasteiger partial charge < -0.3 is 10.6 Å². The van der Waals surface area contributed by atoms with E-state index in [0.29, 0.717) is 0 Å². The molecule has 17 heavy (non-hydrogen) atoms. The highest BCUT2D eigenvalue weighted by Crippen LogP contribution is 2.39. The molecule has 0 saturated heterocycles. The van der Waals surface area contributed by atoms with Crippen molar-refractivity contribution < 1.29 is 0 Å². The second-order valence-electron chi connectivity index (χ2n) is 4.42. The number of fused-ring (bicyclic) bond motifs is 3. The highest BCUT2D eigenvalue weighted by molar-refractivity contribution is 5.80. The molecule has 0 spiro atoms. The highest BCUT2D eigenvalue weighted by Gasteiger charge is 2.18. The predicted molar refractivity (Wildman–Crippen MR) is 73.8 cm³/mol. The Balaban J connectivity index is 2.13. The van der Waals surface area contributed by atoms with Crippen molar-refractivity contribution in [1.82, 2.24) is 0 Å². The lowest BCUT2D eigenvalue weighted by molar-refractivity contribution is 1.26. The fourth-order valence-corrected chi connectivity index (χ4v) is 2.50. The fraction of sp³-hybridized carbons (Fsp3) is 0.200. The van der Waals surface area contributed by atoms with Gasteiger partial charge in [0, 0.05) is 25.5 Å². The lowest BCUT2D eigenvalue weighted by Crippen LogP contribution is -1.89. The minimum absolute atomic E-state index is 1.05. The monoisotopic (exact) mass is 224 g/mol. The summed E-state index contributed by atoms with van der Waals surface area (Å²) in [4.78, 5) is 0. The third-order valence-electron chi connectivity index (χ3n) is 3.46. The second-order valence-corrected chi connectivity index (χ2v) is 4.42. The molecule has 0 aromatic heterocycles. The molecule has 0 unspecified atom stereocenters. The van der Waals surface area contributed by atoms with Gasteiger partial charge in [0.15, 0.2) is 0 Å². The molecule has 2 N–H and O–H groups in total. The average Bonchev–Trinajstić information content (AvgIpc) is 2.74. The van der Waals surface area contributed by atoms with Gasteiger partial charge in [0.25, 0.3) is 0 Å². The number of hydrogen-bond acceptors (Lipinski definition) is 2. The van der Waals surface area contributed by atoms with Crippen LogP contribution in [-0.2, 0) is 6.42 Å². The number of rotatable bonds is 2. The maximum atomic E-state index is 3.20. The van der Waals surface area contributed by atoms with E-state index in [1.54, 1.807) is 0 Å². The molecule has 0 saturated carbocycles. The van der Waals surface area contributed by atoms with Gasteiger partial charge in [-0.3, -0.25) is 0 Å². The van der Waals surface area contributed by atoms with Crippen molar-refractivity contribution in [2.24, 2.45) is 0 Å². The quantitative estimate of drug-likeness (QED) is 0.697. The predicted octanol–water partition coefficient (Wildman–Crippen LogP) is 3.34. The maximum absolute atomic E-state index is 3.20. The van der Waals surface area contributed by atoms with Crippen molar-refractivity contribution in [3.05, 3.63) is 47.5 Å². The maximum Gasteiger partial charge on any atom is 0.0343 e. The molecular weight excluding hydrogens is 208 g/mol. The van der Waals surface area contributed by atoms with E-state index < -0.39 is 0 Å². The molecule has 0 aliphatic heterocycles. The first-order chi connectivity index (χ1) is 8.31. The van der Waals surface area contributed by atoms with Crippen LogP contribution in [0.1, 0.15) is 11.1 Å². The normalized spacial score (nSPS) is 11.9. The van der Waals surface area contributed by atoms with Gasteiger partial charge in [-0.2, -0.15) is 0 Å². The van der Waals surface area contributed by atoms with E-state index in [1.807, 2.05) is 14.1 Å². The van der Waals surface area contributed by atoms with Crippen LogP contribution >= 0.6 is 0 Å². The number of benzene rings is 2. The molecule has 2 nitrogen and oxygen atoms in total. The van der Waals surface area contributed by atoms with Gasteiger partial charge in [-0.25, -0.2) is 0 Å². The molecule has 2 heteroatoms. The van der Waals surface area contributed by atoms with E-state index >= 15 is 0 Å². The van der Waals surface area contributed by atoms with Crippen molar-refractivity contribution >= 4 is 11.4 Å². The standard InChI is InChI=1S/C15H16N2/c1-16-12-5-6-14-11(8-12)7-10-3-4-13(17-2)9-15(10)14/h3-6,8-9,16-17H,7H2,1-2H3. The van der Waals surface area contributed by atoms with Gasteiger partial charge in [0.1, 0.15) is 0 Å². The van der Waals surface area contributed by atoms with Crippen molar-refractivity contribution in [1.29, 1.82) is 0 Å². The number of hydrogen-bond donors (Lipinski definition) is 2. The van der Waals surface area contributed by atoms with E-state index in [1.165, 1.54) is 33.6 Å². The first-order valence-corrected chi connectivity index (χ1v) is 5.93. The summed E-state index contributed by atoms with van der Waals surface area (Å²) in [6, 6.07) is 13.2. The molecule has 2 aromatic carbocycles. The molecule has 0 heterocycles. The van der Waals surface area contributed by atoms with Gasteiger partial charge in [0.2, 0.25) is 0 Å². The summed E-state index contributed by atoms with van der Waals surface area (Å²) in [5, 5.41) is 6.39. The van der Waals surface area contributed by atoms with Crippen LogP contribution in [0.4, 0.5) is 11.4 Å². The molecule has 0 fully saturated rings. The first kappa shape index (κ1) is 10.2. The molecule has 1 aliphatic carbocycles. The Morgan fingerprint density at radius 1 is 0.765 bits per heavy atom. The van der Waals surface area contributed by atoms with Crippen molar-refractivity contribution in [2.75, 3.05) is 24.7 Å². The van der Waals surface area contributed by atoms with E-state index in [4.69, 9.17) is 0 Å². The molecule has 0 bridgehead atoms. The summed E-state index contributed by atoms with van der Waals surface area (Å²) < 4.78 is 0. The van der Waals surface area contributed by atoms with Gasteiger partial charge in [-0.15, -0.1) is 0 Å². The average molecular weight is 224 g/mol. The molecule has 86 valence electrons. The summed E-state index contributed by atoms with van der Waals surface area (Å²) in [5.74, 6) is 0. The molecule has 3 rings (SSSR count). The molecule has 2 aromatic rings. The summed E-state index contributed by atoms with van der Waals surface area (Å²) in [5.41, 5.74) is 7.94. The highest BCUT2D eigenvalue weighted by atomic mass is 14.8. The first-order valence-electron chi connectivity index (χ1n) is 5.93. The third-order valence-corrected chi connectivity index (χ3v) is 3.46. The third kappa shape index (κ3) is 1.57. The topological polar surface area (TPSA) is 24.1 Å². The molecule has 0 atom stereocenters. The molecule has 0 radical (unpaired) electrons. The minimum atomic E-state index is 1.05. The summed E-state index contributed by atoms with van der Waals surface area (Å²) in [7, 11) is 3.92. The van der Waals surface area contributed by atoms with Gasteiger partial charge in [-0.05, 0) is 52.9 Å². The SMILES string of the molecule is CNc1ccc2c(c1)Cc1ccc(NC)cc1-2. The van der Waals surface area contributed by atoms with Crippen LogP contribution in [0, 0.1) is 0 Å². The van der Waals surface area contributed by atoms with Crippen LogP contribution in [0.2, 0.25) is 0 Å². The Kier molecular flexibility index (Phi) is 2.29. The zero-order chi connectivity index (χ0) is 11.8. The molecule has 1 aliphatic rings. The van der Waals surface area contributed by atoms with E-state index in [0.717, 1.165) is 6.42 Å². The van der Waals surface area contributed by atoms with Crippen LogP contribution in [-0.4, -0.2) is 14.1 Å².